The van der Waals surface area contributed by atoms with E-state index in [1.165, 1.54) is 0 Å². The second kappa shape index (κ2) is 8.34. The summed E-state index contributed by atoms with van der Waals surface area (Å²) in [7, 11) is 0. The molecule has 2 rings (SSSR count). The van der Waals surface area contributed by atoms with Gasteiger partial charge in [0, 0.05) is 29.7 Å². The minimum atomic E-state index is -4.59. The fourth-order valence-electron chi connectivity index (χ4n) is 2.46. The zero-order valence-electron chi connectivity index (χ0n) is 16.4. The van der Waals surface area contributed by atoms with Crippen molar-refractivity contribution in [1.29, 1.82) is 10.7 Å². The highest BCUT2D eigenvalue weighted by molar-refractivity contribution is 5.94. The molecule has 0 saturated heterocycles. The van der Waals surface area contributed by atoms with E-state index >= 15 is 0 Å². The van der Waals surface area contributed by atoms with Gasteiger partial charge in [-0.2, -0.15) is 23.4 Å². The zero-order chi connectivity index (χ0) is 21.8. The Balaban J connectivity index is 2.44. The number of benzene rings is 1. The van der Waals surface area contributed by atoms with Gasteiger partial charge in [-0.1, -0.05) is 6.07 Å². The number of aromatic nitrogens is 2. The van der Waals surface area contributed by atoms with Gasteiger partial charge in [0.05, 0.1) is 11.8 Å². The van der Waals surface area contributed by atoms with Crippen molar-refractivity contribution < 1.29 is 13.2 Å². The summed E-state index contributed by atoms with van der Waals surface area (Å²) < 4.78 is 39.6. The number of hydrogen-bond acceptors (Lipinski definition) is 7. The first-order valence-electron chi connectivity index (χ1n) is 8.77. The predicted octanol–water partition coefficient (Wildman–Crippen LogP) is 4.77. The molecule has 29 heavy (non-hydrogen) atoms. The van der Waals surface area contributed by atoms with Crippen LogP contribution in [0.5, 0.6) is 0 Å². The van der Waals surface area contributed by atoms with Crippen LogP contribution in [0.4, 0.5) is 36.3 Å². The summed E-state index contributed by atoms with van der Waals surface area (Å²) in [4.78, 5) is 7.74. The van der Waals surface area contributed by atoms with E-state index in [1.54, 1.807) is 45.9 Å². The largest absolute Gasteiger partial charge is 0.421 e. The molecule has 0 unspecified atom stereocenters. The highest BCUT2D eigenvalue weighted by Gasteiger charge is 2.35. The molecule has 0 radical (unpaired) electrons. The van der Waals surface area contributed by atoms with Gasteiger partial charge >= 0.3 is 6.18 Å². The smallest absolute Gasteiger partial charge is 0.367 e. The lowest BCUT2D eigenvalue weighted by molar-refractivity contribution is -0.137. The van der Waals surface area contributed by atoms with Gasteiger partial charge in [0.2, 0.25) is 5.95 Å². The maximum absolute atomic E-state index is 13.2. The van der Waals surface area contributed by atoms with Crippen molar-refractivity contribution >= 4 is 29.4 Å². The van der Waals surface area contributed by atoms with Gasteiger partial charge in [0.15, 0.2) is 0 Å². The van der Waals surface area contributed by atoms with E-state index in [0.717, 1.165) is 6.21 Å². The molecule has 0 aliphatic rings. The molecule has 1 heterocycles. The van der Waals surface area contributed by atoms with E-state index in [0.29, 0.717) is 23.1 Å². The van der Waals surface area contributed by atoms with E-state index < -0.39 is 17.3 Å². The Morgan fingerprint density at radius 2 is 1.86 bits per heavy atom. The topological polar surface area (TPSA) is 110 Å². The fourth-order valence-corrected chi connectivity index (χ4v) is 2.46. The lowest BCUT2D eigenvalue weighted by Gasteiger charge is -2.22. The average molecular weight is 405 g/mol. The normalized spacial score (nSPS) is 11.7. The number of hydrogen-bond donors (Lipinski definition) is 4. The minimum Gasteiger partial charge on any atom is -0.367 e. The third-order valence-electron chi connectivity index (χ3n) is 3.74. The molecule has 0 amide bonds. The minimum absolute atomic E-state index is 0.0547. The van der Waals surface area contributed by atoms with Crippen molar-refractivity contribution in [2.45, 2.75) is 45.5 Å². The van der Waals surface area contributed by atoms with Gasteiger partial charge in [-0.3, -0.25) is 0 Å². The Labute approximate surface area is 166 Å². The van der Waals surface area contributed by atoms with Crippen LogP contribution in [0.2, 0.25) is 0 Å². The molecule has 1 aromatic carbocycles. The Kier molecular flexibility index (Phi) is 6.31. The Bertz CT molecular complexity index is 930. The van der Waals surface area contributed by atoms with Crippen molar-refractivity contribution in [3.63, 3.8) is 0 Å². The summed E-state index contributed by atoms with van der Waals surface area (Å²) in [5.74, 6) is -0.387. The van der Waals surface area contributed by atoms with Crippen LogP contribution in [0.3, 0.4) is 0 Å². The number of anilines is 4. The van der Waals surface area contributed by atoms with Crippen molar-refractivity contribution in [2.75, 3.05) is 16.0 Å². The van der Waals surface area contributed by atoms with E-state index in [2.05, 4.69) is 32.0 Å². The van der Waals surface area contributed by atoms with Gasteiger partial charge < -0.3 is 21.4 Å². The van der Waals surface area contributed by atoms with Crippen LogP contribution >= 0.6 is 0 Å². The van der Waals surface area contributed by atoms with E-state index in [1.807, 2.05) is 0 Å². The second-order valence-corrected chi connectivity index (χ2v) is 7.15. The Morgan fingerprint density at radius 3 is 2.41 bits per heavy atom. The maximum atomic E-state index is 13.2. The predicted molar refractivity (Wildman–Crippen MR) is 107 cm³/mol. The molecule has 0 aliphatic carbocycles. The molecule has 0 aliphatic heterocycles. The third kappa shape index (κ3) is 5.57. The highest BCUT2D eigenvalue weighted by Crippen LogP contribution is 2.35. The molecule has 0 bridgehead atoms. The summed E-state index contributed by atoms with van der Waals surface area (Å²) in [5.41, 5.74) is -0.499. The summed E-state index contributed by atoms with van der Waals surface area (Å²) in [6.07, 6.45) is -2.80. The third-order valence-corrected chi connectivity index (χ3v) is 3.74. The number of halogens is 3. The molecule has 0 saturated carbocycles. The monoisotopic (exact) mass is 405 g/mol. The average Bonchev–Trinajstić information content (AvgIpc) is 2.60. The van der Waals surface area contributed by atoms with Crippen molar-refractivity contribution in [2.24, 2.45) is 0 Å². The zero-order valence-corrected chi connectivity index (χ0v) is 16.4. The van der Waals surface area contributed by atoms with E-state index in [9.17, 15) is 18.4 Å². The van der Waals surface area contributed by atoms with Crippen molar-refractivity contribution in [1.82, 2.24) is 9.97 Å². The lowest BCUT2D eigenvalue weighted by atomic mass is 10.0. The number of nitrogens with zero attached hydrogens (tertiary/aromatic N) is 3. The SMILES string of the molecule is CC(C)Nc1nc(Nc2cccc(NC(C)(C)C#N)c2C=N)ncc1C(F)(F)F. The maximum Gasteiger partial charge on any atom is 0.421 e. The van der Waals surface area contributed by atoms with Gasteiger partial charge in [-0.25, -0.2) is 4.98 Å². The first kappa shape index (κ1) is 21.9. The number of nitrogens with one attached hydrogen (secondary N) is 4. The Hall–Kier alpha value is -3.35. The summed E-state index contributed by atoms with van der Waals surface area (Å²) in [5, 5.41) is 25.5. The summed E-state index contributed by atoms with van der Waals surface area (Å²) in [6, 6.07) is 6.86. The molecular formula is C19H22F3N7. The van der Waals surface area contributed by atoms with Crippen molar-refractivity contribution in [3.05, 3.63) is 35.5 Å². The molecule has 4 N–H and O–H groups in total. The molecule has 2 aromatic rings. The molecule has 10 heteroatoms. The molecule has 0 fully saturated rings. The van der Waals surface area contributed by atoms with Crippen molar-refractivity contribution in [3.8, 4) is 6.07 Å². The van der Waals surface area contributed by atoms with Crippen LogP contribution in [0.25, 0.3) is 0 Å². The van der Waals surface area contributed by atoms with Gasteiger partial charge in [0.25, 0.3) is 0 Å². The van der Waals surface area contributed by atoms with E-state index in [-0.39, 0.29) is 17.8 Å². The van der Waals surface area contributed by atoms with E-state index in [4.69, 9.17) is 5.41 Å². The van der Waals surface area contributed by atoms with Crippen LogP contribution in [0.15, 0.2) is 24.4 Å². The molecule has 154 valence electrons. The molecule has 1 aromatic heterocycles. The number of alkyl halides is 3. The molecule has 0 atom stereocenters. The van der Waals surface area contributed by atoms with Gasteiger partial charge in [0.1, 0.15) is 16.9 Å². The second-order valence-electron chi connectivity index (χ2n) is 7.15. The quantitative estimate of drug-likeness (QED) is 0.494. The van der Waals surface area contributed by atoms with Crippen LogP contribution in [-0.2, 0) is 6.18 Å². The molecule has 7 nitrogen and oxygen atoms in total. The van der Waals surface area contributed by atoms with Crippen LogP contribution in [0, 0.1) is 16.7 Å². The Morgan fingerprint density at radius 1 is 1.21 bits per heavy atom. The highest BCUT2D eigenvalue weighted by atomic mass is 19.4. The van der Waals surface area contributed by atoms with Gasteiger partial charge in [-0.15, -0.1) is 0 Å². The van der Waals surface area contributed by atoms with Crippen LogP contribution in [0.1, 0.15) is 38.8 Å². The van der Waals surface area contributed by atoms with Gasteiger partial charge in [-0.05, 0) is 39.8 Å². The number of rotatable bonds is 7. The van der Waals surface area contributed by atoms with Crippen LogP contribution < -0.4 is 16.0 Å². The summed E-state index contributed by atoms with van der Waals surface area (Å²) in [6.45, 7) is 6.77. The number of nitriles is 1. The fraction of sp³-hybridized carbons (Fsp3) is 0.368. The molecule has 0 spiro atoms. The molecular weight excluding hydrogens is 383 g/mol. The first-order valence-corrected chi connectivity index (χ1v) is 8.77. The van der Waals surface area contributed by atoms with Crippen LogP contribution in [-0.4, -0.2) is 27.8 Å². The standard InChI is InChI=1S/C19H22F3N7/c1-11(2)26-16-13(19(20,21)22)9-25-17(28-16)27-14-6-5-7-15(12(14)8-23)29-18(3,4)10-24/h5-9,11,23,29H,1-4H3,(H2,25,26,27,28). The first-order chi connectivity index (χ1) is 13.5. The lowest BCUT2D eigenvalue weighted by Crippen LogP contribution is -2.29. The summed E-state index contributed by atoms with van der Waals surface area (Å²) >= 11 is 0.